The Kier molecular flexibility index (Phi) is 10.9. The van der Waals surface area contributed by atoms with Gasteiger partial charge in [-0.15, -0.1) is 0 Å². The lowest BCUT2D eigenvalue weighted by molar-refractivity contribution is -0.136. The number of carbonyl (C=O) groups is 1. The first-order chi connectivity index (χ1) is 11.7. The Morgan fingerprint density at radius 1 is 1.21 bits per heavy atom. The summed E-state index contributed by atoms with van der Waals surface area (Å²) in [6, 6.07) is 8.34. The average molecular weight is 335 g/mol. The molecular formula is C20H33NO3. The second-order valence-electron chi connectivity index (χ2n) is 6.40. The number of aryl methyl sites for hydroxylation is 1. The molecule has 0 saturated carbocycles. The molecule has 0 aromatic heterocycles. The molecule has 0 spiro atoms. The number of carboxylic acid groups (broad SMARTS) is 1. The molecule has 4 nitrogen and oxygen atoms in total. The summed E-state index contributed by atoms with van der Waals surface area (Å²) in [5.74, 6) is 0.863. The Morgan fingerprint density at radius 3 is 2.62 bits per heavy atom. The van der Waals surface area contributed by atoms with Crippen molar-refractivity contribution in [3.8, 4) is 5.75 Å². The van der Waals surface area contributed by atoms with Gasteiger partial charge in [0.15, 0.2) is 0 Å². The van der Waals surface area contributed by atoms with Crippen molar-refractivity contribution < 1.29 is 14.6 Å². The van der Waals surface area contributed by atoms with Crippen molar-refractivity contribution in [2.24, 2.45) is 5.92 Å². The van der Waals surface area contributed by atoms with Crippen molar-refractivity contribution in [1.29, 1.82) is 0 Å². The summed E-state index contributed by atoms with van der Waals surface area (Å²) in [6.07, 6.45) is 7.04. The fraction of sp³-hybridized carbons (Fsp3) is 0.650. The molecule has 0 bridgehead atoms. The van der Waals surface area contributed by atoms with Crippen LogP contribution < -0.4 is 10.1 Å². The molecule has 0 saturated heterocycles. The Balaban J connectivity index is 2.31. The highest BCUT2D eigenvalue weighted by molar-refractivity contribution is 5.66. The molecular weight excluding hydrogens is 302 g/mol. The quantitative estimate of drug-likeness (QED) is 0.498. The van der Waals surface area contributed by atoms with E-state index in [1.54, 1.807) is 0 Å². The van der Waals surface area contributed by atoms with Crippen molar-refractivity contribution in [2.45, 2.75) is 58.8 Å². The Morgan fingerprint density at radius 2 is 1.96 bits per heavy atom. The lowest BCUT2D eigenvalue weighted by atomic mass is 9.99. The maximum atomic E-state index is 10.4. The van der Waals surface area contributed by atoms with E-state index in [0.29, 0.717) is 12.5 Å². The van der Waals surface area contributed by atoms with Gasteiger partial charge in [-0.25, -0.2) is 0 Å². The molecule has 0 heterocycles. The molecule has 0 aliphatic heterocycles. The van der Waals surface area contributed by atoms with Gasteiger partial charge >= 0.3 is 5.97 Å². The molecule has 0 aliphatic carbocycles. The van der Waals surface area contributed by atoms with E-state index in [1.165, 1.54) is 31.2 Å². The predicted octanol–water partition coefficient (Wildman–Crippen LogP) is 4.28. The topological polar surface area (TPSA) is 58.6 Å². The van der Waals surface area contributed by atoms with Crippen molar-refractivity contribution in [3.63, 3.8) is 0 Å². The van der Waals surface area contributed by atoms with Gasteiger partial charge in [-0.2, -0.15) is 0 Å². The van der Waals surface area contributed by atoms with Gasteiger partial charge in [0.25, 0.3) is 0 Å². The lowest BCUT2D eigenvalue weighted by Gasteiger charge is -2.16. The highest BCUT2D eigenvalue weighted by Crippen LogP contribution is 2.19. The third-order valence-electron chi connectivity index (χ3n) is 4.11. The summed E-state index contributed by atoms with van der Waals surface area (Å²) >= 11 is 0. The van der Waals surface area contributed by atoms with E-state index < -0.39 is 5.97 Å². The van der Waals surface area contributed by atoms with E-state index >= 15 is 0 Å². The highest BCUT2D eigenvalue weighted by Gasteiger charge is 2.08. The number of ether oxygens (including phenoxy) is 1. The van der Waals surface area contributed by atoms with Crippen molar-refractivity contribution >= 4 is 5.97 Å². The maximum Gasteiger partial charge on any atom is 0.304 e. The summed E-state index contributed by atoms with van der Waals surface area (Å²) in [7, 11) is 0. The molecule has 1 rings (SSSR count). The first-order valence-corrected chi connectivity index (χ1v) is 9.30. The van der Waals surface area contributed by atoms with Crippen LogP contribution >= 0.6 is 0 Å². The number of benzene rings is 1. The van der Waals surface area contributed by atoms with E-state index in [2.05, 4.69) is 37.4 Å². The fourth-order valence-electron chi connectivity index (χ4n) is 2.87. The minimum atomic E-state index is -0.753. The lowest BCUT2D eigenvalue weighted by Crippen LogP contribution is -2.19. The third-order valence-corrected chi connectivity index (χ3v) is 4.11. The van der Waals surface area contributed by atoms with E-state index in [0.717, 1.165) is 31.7 Å². The van der Waals surface area contributed by atoms with Crippen LogP contribution in [0.2, 0.25) is 0 Å². The van der Waals surface area contributed by atoms with Crippen molar-refractivity contribution in [1.82, 2.24) is 5.32 Å². The average Bonchev–Trinajstić information content (AvgIpc) is 2.56. The SMILES string of the molecule is CCCC(CCC)COc1cccc(CCCNCCC(=O)O)c1. The van der Waals surface area contributed by atoms with Gasteiger partial charge in [0.05, 0.1) is 13.0 Å². The maximum absolute atomic E-state index is 10.4. The number of rotatable bonds is 14. The van der Waals surface area contributed by atoms with Gasteiger partial charge in [-0.05, 0) is 55.8 Å². The molecule has 136 valence electrons. The molecule has 24 heavy (non-hydrogen) atoms. The van der Waals surface area contributed by atoms with Crippen LogP contribution in [0.15, 0.2) is 24.3 Å². The molecule has 0 aliphatic rings. The smallest absolute Gasteiger partial charge is 0.304 e. The van der Waals surface area contributed by atoms with Crippen LogP contribution in [0.4, 0.5) is 0 Å². The first-order valence-electron chi connectivity index (χ1n) is 9.30. The van der Waals surface area contributed by atoms with Crippen molar-refractivity contribution in [3.05, 3.63) is 29.8 Å². The second-order valence-corrected chi connectivity index (χ2v) is 6.40. The third kappa shape index (κ3) is 9.56. The molecule has 2 N–H and O–H groups in total. The summed E-state index contributed by atoms with van der Waals surface area (Å²) in [6.45, 7) is 6.64. The molecule has 0 unspecified atom stereocenters. The van der Waals surface area contributed by atoms with Crippen LogP contribution in [-0.4, -0.2) is 30.8 Å². The van der Waals surface area contributed by atoms with Crippen LogP contribution in [-0.2, 0) is 11.2 Å². The van der Waals surface area contributed by atoms with Gasteiger partial charge in [-0.3, -0.25) is 4.79 Å². The van der Waals surface area contributed by atoms with E-state index in [-0.39, 0.29) is 6.42 Å². The summed E-state index contributed by atoms with van der Waals surface area (Å²) in [5, 5.41) is 11.7. The summed E-state index contributed by atoms with van der Waals surface area (Å²) in [4.78, 5) is 10.4. The molecule has 1 aromatic rings. The molecule has 0 fully saturated rings. The van der Waals surface area contributed by atoms with Crippen LogP contribution in [0.25, 0.3) is 0 Å². The number of carboxylic acids is 1. The minimum Gasteiger partial charge on any atom is -0.493 e. The molecule has 4 heteroatoms. The Labute approximate surface area is 146 Å². The predicted molar refractivity (Wildman–Crippen MR) is 98.7 cm³/mol. The van der Waals surface area contributed by atoms with Crippen LogP contribution in [0.3, 0.4) is 0 Å². The molecule has 0 amide bonds. The Bertz CT molecular complexity index is 456. The first kappa shape index (κ1) is 20.5. The Hall–Kier alpha value is -1.55. The van der Waals surface area contributed by atoms with E-state index in [1.807, 2.05) is 6.07 Å². The van der Waals surface area contributed by atoms with Crippen LogP contribution in [0, 0.1) is 5.92 Å². The molecule has 1 aromatic carbocycles. The number of aliphatic carboxylic acids is 1. The standard InChI is InChI=1S/C20H33NO3/c1-3-7-18(8-4-2)16-24-19-11-5-9-17(15-19)10-6-13-21-14-12-20(22)23/h5,9,11,15,18,21H,3-4,6-8,10,12-14,16H2,1-2H3,(H,22,23). The number of hydrogen-bond donors (Lipinski definition) is 2. The summed E-state index contributed by atoms with van der Waals surface area (Å²) < 4.78 is 6.00. The number of nitrogens with one attached hydrogen (secondary N) is 1. The second kappa shape index (κ2) is 12.8. The minimum absolute atomic E-state index is 0.181. The van der Waals surface area contributed by atoms with Crippen LogP contribution in [0.5, 0.6) is 5.75 Å². The van der Waals surface area contributed by atoms with E-state index in [4.69, 9.17) is 9.84 Å². The van der Waals surface area contributed by atoms with Gasteiger partial charge in [0.2, 0.25) is 0 Å². The van der Waals surface area contributed by atoms with Crippen molar-refractivity contribution in [2.75, 3.05) is 19.7 Å². The summed E-state index contributed by atoms with van der Waals surface area (Å²) in [5.41, 5.74) is 1.27. The fourth-order valence-corrected chi connectivity index (χ4v) is 2.87. The van der Waals surface area contributed by atoms with E-state index in [9.17, 15) is 4.79 Å². The number of hydrogen-bond acceptors (Lipinski definition) is 3. The van der Waals surface area contributed by atoms with Gasteiger partial charge < -0.3 is 15.2 Å². The zero-order valence-corrected chi connectivity index (χ0v) is 15.2. The van der Waals surface area contributed by atoms with Crippen LogP contribution in [0.1, 0.15) is 57.9 Å². The van der Waals surface area contributed by atoms with Gasteiger partial charge in [-0.1, -0.05) is 38.8 Å². The zero-order valence-electron chi connectivity index (χ0n) is 15.2. The normalized spacial score (nSPS) is 11.0. The molecule has 0 radical (unpaired) electrons. The van der Waals surface area contributed by atoms with Gasteiger partial charge in [0.1, 0.15) is 5.75 Å². The monoisotopic (exact) mass is 335 g/mol. The largest absolute Gasteiger partial charge is 0.493 e. The molecule has 0 atom stereocenters. The van der Waals surface area contributed by atoms with Gasteiger partial charge in [0, 0.05) is 6.54 Å². The zero-order chi connectivity index (χ0) is 17.6. The highest BCUT2D eigenvalue weighted by atomic mass is 16.5.